The van der Waals surface area contributed by atoms with Gasteiger partial charge in [0.15, 0.2) is 0 Å². The van der Waals surface area contributed by atoms with Crippen molar-refractivity contribution in [3.63, 3.8) is 0 Å². The van der Waals surface area contributed by atoms with Gasteiger partial charge in [0.25, 0.3) is 0 Å². The molecule has 0 radical (unpaired) electrons. The van der Waals surface area contributed by atoms with Gasteiger partial charge in [0.2, 0.25) is 5.91 Å². The summed E-state index contributed by atoms with van der Waals surface area (Å²) >= 11 is 3.49. The van der Waals surface area contributed by atoms with Gasteiger partial charge in [-0.1, -0.05) is 28.1 Å². The van der Waals surface area contributed by atoms with E-state index in [2.05, 4.69) is 61.3 Å². The van der Waals surface area contributed by atoms with Crippen LogP contribution < -0.4 is 10.1 Å². The van der Waals surface area contributed by atoms with Crippen LogP contribution in [0.2, 0.25) is 0 Å². The van der Waals surface area contributed by atoms with Crippen LogP contribution in [0.25, 0.3) is 10.9 Å². The van der Waals surface area contributed by atoms with Crippen molar-refractivity contribution in [2.24, 2.45) is 17.8 Å². The van der Waals surface area contributed by atoms with Gasteiger partial charge in [-0.15, -0.1) is 0 Å². The first-order valence-electron chi connectivity index (χ1n) is 14.2. The molecule has 5 nitrogen and oxygen atoms in total. The highest BCUT2D eigenvalue weighted by Crippen LogP contribution is 2.55. The summed E-state index contributed by atoms with van der Waals surface area (Å²) < 4.78 is 9.49. The molecule has 200 valence electrons. The van der Waals surface area contributed by atoms with Gasteiger partial charge in [-0.25, -0.2) is 0 Å². The molecule has 4 aromatic rings. The molecule has 0 atom stereocenters. The number of hydrogen-bond donors (Lipinski definition) is 1. The molecular weight excluding hydrogens is 550 g/mol. The van der Waals surface area contributed by atoms with Gasteiger partial charge in [0.1, 0.15) is 12.4 Å². The Balaban J connectivity index is 1.14. The van der Waals surface area contributed by atoms with E-state index in [9.17, 15) is 4.79 Å². The Kier molecular flexibility index (Phi) is 6.46. The number of pyridine rings is 1. The third-order valence-electron chi connectivity index (χ3n) is 9.15. The molecule has 4 fully saturated rings. The zero-order valence-electron chi connectivity index (χ0n) is 22.1. The minimum Gasteiger partial charge on any atom is -0.489 e. The Morgan fingerprint density at radius 1 is 0.949 bits per heavy atom. The van der Waals surface area contributed by atoms with Gasteiger partial charge < -0.3 is 14.6 Å². The molecule has 1 amide bonds. The topological polar surface area (TPSA) is 56.2 Å². The van der Waals surface area contributed by atoms with E-state index in [-0.39, 0.29) is 11.4 Å². The molecule has 2 aromatic heterocycles. The molecule has 4 aliphatic rings. The molecule has 39 heavy (non-hydrogen) atoms. The largest absolute Gasteiger partial charge is 0.489 e. The van der Waals surface area contributed by atoms with Gasteiger partial charge in [-0.3, -0.25) is 9.78 Å². The van der Waals surface area contributed by atoms with Gasteiger partial charge in [-0.05, 0) is 115 Å². The maximum Gasteiger partial charge on any atom is 0.224 e. The van der Waals surface area contributed by atoms with Crippen LogP contribution >= 0.6 is 15.9 Å². The Hall–Kier alpha value is -3.12. The monoisotopic (exact) mass is 583 g/mol. The summed E-state index contributed by atoms with van der Waals surface area (Å²) in [5, 5.41) is 4.65. The predicted molar refractivity (Wildman–Crippen MR) is 157 cm³/mol. The van der Waals surface area contributed by atoms with E-state index in [1.165, 1.54) is 44.1 Å². The number of nitrogens with zero attached hydrogens (tertiary/aromatic N) is 2. The lowest BCUT2D eigenvalue weighted by molar-refractivity contribution is -0.126. The van der Waals surface area contributed by atoms with E-state index >= 15 is 0 Å². The fourth-order valence-electron chi connectivity index (χ4n) is 7.92. The van der Waals surface area contributed by atoms with E-state index in [0.717, 1.165) is 56.6 Å². The van der Waals surface area contributed by atoms with Crippen molar-refractivity contribution >= 4 is 32.7 Å². The number of benzene rings is 2. The van der Waals surface area contributed by atoms with Crippen molar-refractivity contribution in [1.82, 2.24) is 14.9 Å². The van der Waals surface area contributed by atoms with Crippen molar-refractivity contribution in [2.45, 2.75) is 63.6 Å². The Morgan fingerprint density at radius 3 is 2.33 bits per heavy atom. The van der Waals surface area contributed by atoms with Gasteiger partial charge in [0, 0.05) is 46.0 Å². The highest BCUT2D eigenvalue weighted by atomic mass is 79.9. The van der Waals surface area contributed by atoms with Crippen LogP contribution in [0.4, 0.5) is 0 Å². The molecule has 2 aromatic carbocycles. The third-order valence-corrected chi connectivity index (χ3v) is 9.68. The van der Waals surface area contributed by atoms with Gasteiger partial charge in [-0.2, -0.15) is 0 Å². The van der Waals surface area contributed by atoms with Crippen LogP contribution in [0.3, 0.4) is 0 Å². The molecule has 1 N–H and O–H groups in total. The number of hydrogen-bond acceptors (Lipinski definition) is 3. The van der Waals surface area contributed by atoms with Crippen molar-refractivity contribution in [2.75, 3.05) is 0 Å². The molecular formula is C33H34BrN3O2. The summed E-state index contributed by atoms with van der Waals surface area (Å²) in [6, 6.07) is 18.5. The summed E-state index contributed by atoms with van der Waals surface area (Å²) in [5.41, 5.74) is 4.49. The molecule has 0 aliphatic heterocycles. The first-order chi connectivity index (χ1) is 19.0. The summed E-state index contributed by atoms with van der Waals surface area (Å²) in [6.45, 7) is 1.23. The summed E-state index contributed by atoms with van der Waals surface area (Å²) in [6.07, 6.45) is 13.8. The second-order valence-corrected chi connectivity index (χ2v) is 13.1. The maximum absolute atomic E-state index is 13.6. The number of carbonyl (C=O) groups is 1. The number of fused-ring (bicyclic) bond motifs is 1. The molecule has 6 heteroatoms. The highest BCUT2D eigenvalue weighted by molar-refractivity contribution is 9.10. The van der Waals surface area contributed by atoms with Crippen molar-refractivity contribution in [3.8, 4) is 5.75 Å². The normalized spacial score (nSPS) is 25.2. The molecule has 4 aliphatic carbocycles. The predicted octanol–water partition coefficient (Wildman–Crippen LogP) is 7.05. The number of ether oxygens (including phenoxy) is 1. The van der Waals surface area contributed by atoms with Crippen LogP contribution in [0.5, 0.6) is 5.75 Å². The molecule has 0 unspecified atom stereocenters. The average molecular weight is 585 g/mol. The SMILES string of the molecule is O=C(Cc1cn(Cc2ccncc2)c2ccc(OCc3ccc(Br)cc3)cc12)NC12CC3CC(CC(C3)C1)C2. The number of amides is 1. The van der Waals surface area contributed by atoms with E-state index < -0.39 is 0 Å². The minimum absolute atomic E-state index is 0.0280. The smallest absolute Gasteiger partial charge is 0.224 e. The molecule has 0 saturated heterocycles. The van der Waals surface area contributed by atoms with Crippen molar-refractivity contribution in [3.05, 3.63) is 94.4 Å². The molecule has 4 saturated carbocycles. The Bertz CT molecular complexity index is 1460. The number of aromatic nitrogens is 2. The first kappa shape index (κ1) is 24.9. The van der Waals surface area contributed by atoms with Crippen LogP contribution in [0.1, 0.15) is 55.2 Å². The fourth-order valence-corrected chi connectivity index (χ4v) is 8.18. The van der Waals surface area contributed by atoms with E-state index in [1.807, 2.05) is 42.7 Å². The average Bonchev–Trinajstić information content (AvgIpc) is 3.23. The second kappa shape index (κ2) is 10.1. The van der Waals surface area contributed by atoms with E-state index in [4.69, 9.17) is 4.74 Å². The Morgan fingerprint density at radius 2 is 1.64 bits per heavy atom. The minimum atomic E-state index is 0.0280. The maximum atomic E-state index is 13.6. The third kappa shape index (κ3) is 5.23. The summed E-state index contributed by atoms with van der Waals surface area (Å²) in [5.74, 6) is 3.40. The Labute approximate surface area is 238 Å². The van der Waals surface area contributed by atoms with Crippen LogP contribution in [-0.2, 0) is 24.4 Å². The number of rotatable bonds is 8. The molecule has 2 heterocycles. The number of carbonyl (C=O) groups excluding carboxylic acids is 1. The van der Waals surface area contributed by atoms with E-state index in [0.29, 0.717) is 13.0 Å². The van der Waals surface area contributed by atoms with Gasteiger partial charge in [0.05, 0.1) is 6.42 Å². The summed E-state index contributed by atoms with van der Waals surface area (Å²) in [4.78, 5) is 17.7. The van der Waals surface area contributed by atoms with Gasteiger partial charge >= 0.3 is 0 Å². The lowest BCUT2D eigenvalue weighted by Gasteiger charge is -2.56. The standard InChI is InChI=1S/C33H34BrN3O2/c34-28-3-1-23(2-4-28)21-39-29-5-6-31-30(15-29)27(20-37(31)19-22-7-9-35-10-8-22)14-32(38)36-33-16-24-11-25(17-33)13-26(12-24)18-33/h1-10,15,20,24-26H,11-14,16-19,21H2,(H,36,38). The first-order valence-corrected chi connectivity index (χ1v) is 15.0. The summed E-state index contributed by atoms with van der Waals surface area (Å²) in [7, 11) is 0. The zero-order chi connectivity index (χ0) is 26.4. The van der Waals surface area contributed by atoms with Crippen molar-refractivity contribution in [1.29, 1.82) is 0 Å². The van der Waals surface area contributed by atoms with E-state index in [1.54, 1.807) is 0 Å². The number of halogens is 1. The molecule has 4 bridgehead atoms. The molecule has 0 spiro atoms. The van der Waals surface area contributed by atoms with Crippen LogP contribution in [0.15, 0.2) is 77.7 Å². The quantitative estimate of drug-likeness (QED) is 0.242. The van der Waals surface area contributed by atoms with Crippen molar-refractivity contribution < 1.29 is 9.53 Å². The molecule has 8 rings (SSSR count). The van der Waals surface area contributed by atoms with Crippen LogP contribution in [-0.4, -0.2) is 21.0 Å². The van der Waals surface area contributed by atoms with Crippen LogP contribution in [0, 0.1) is 17.8 Å². The zero-order valence-corrected chi connectivity index (χ0v) is 23.7. The number of nitrogens with one attached hydrogen (secondary N) is 1. The highest BCUT2D eigenvalue weighted by Gasteiger charge is 2.51. The lowest BCUT2D eigenvalue weighted by Crippen LogP contribution is -2.60. The second-order valence-electron chi connectivity index (χ2n) is 12.2. The lowest BCUT2D eigenvalue weighted by atomic mass is 9.53. The fraction of sp³-hybridized carbons (Fsp3) is 0.394.